The molecule has 0 spiro atoms. The molecular weight excluding hydrogens is 230 g/mol. The van der Waals surface area contributed by atoms with Gasteiger partial charge in [0.15, 0.2) is 0 Å². The largest absolute Gasteiger partial charge is 0.364 e. The van der Waals surface area contributed by atoms with Gasteiger partial charge in [0, 0.05) is 12.0 Å². The van der Waals surface area contributed by atoms with Crippen LogP contribution in [0, 0.1) is 0 Å². The zero-order valence-corrected chi connectivity index (χ0v) is 9.17. The summed E-state index contributed by atoms with van der Waals surface area (Å²) in [6.45, 7) is -1.36. The van der Waals surface area contributed by atoms with Gasteiger partial charge in [-0.05, 0) is 12.8 Å². The summed E-state index contributed by atoms with van der Waals surface area (Å²) in [6.07, 6.45) is 1.96. The number of aromatic nitrogens is 2. The van der Waals surface area contributed by atoms with Gasteiger partial charge in [0.1, 0.15) is 11.6 Å². The molecule has 0 bridgehead atoms. The van der Waals surface area contributed by atoms with E-state index in [1.165, 1.54) is 6.07 Å². The molecule has 1 fully saturated rings. The fraction of sp³-hybridized carbons (Fsp3) is 0.600. The molecule has 0 radical (unpaired) electrons. The highest BCUT2D eigenvalue weighted by atomic mass is 19.3. The van der Waals surface area contributed by atoms with Crippen LogP contribution in [0.3, 0.4) is 0 Å². The van der Waals surface area contributed by atoms with Gasteiger partial charge in [-0.2, -0.15) is 0 Å². The number of aromatic amines is 1. The summed E-state index contributed by atoms with van der Waals surface area (Å²) in [6, 6.07) is 1.17. The molecule has 1 aliphatic rings. The van der Waals surface area contributed by atoms with Gasteiger partial charge in [0.05, 0.1) is 13.1 Å². The second-order valence-corrected chi connectivity index (χ2v) is 4.20. The number of nitrogens with one attached hydrogen (secondary N) is 2. The molecule has 2 rings (SSSR count). The molecule has 1 heterocycles. The van der Waals surface area contributed by atoms with Crippen molar-refractivity contribution in [2.45, 2.75) is 24.7 Å². The van der Waals surface area contributed by atoms with E-state index in [-0.39, 0.29) is 17.3 Å². The van der Waals surface area contributed by atoms with Crippen LogP contribution in [0.25, 0.3) is 0 Å². The van der Waals surface area contributed by atoms with Gasteiger partial charge in [-0.3, -0.25) is 4.79 Å². The number of nitrogens with zero attached hydrogens (tertiary/aromatic N) is 1. The van der Waals surface area contributed by atoms with Crippen molar-refractivity contribution in [2.24, 2.45) is 5.73 Å². The Morgan fingerprint density at radius 2 is 2.29 bits per heavy atom. The molecule has 1 saturated carbocycles. The number of nitrogens with two attached hydrogens (primary N) is 1. The fourth-order valence-electron chi connectivity index (χ4n) is 1.41. The minimum Gasteiger partial charge on any atom is -0.364 e. The number of anilines is 1. The molecule has 0 saturated heterocycles. The number of halogens is 2. The van der Waals surface area contributed by atoms with Crippen LogP contribution < -0.4 is 16.6 Å². The second kappa shape index (κ2) is 4.40. The second-order valence-electron chi connectivity index (χ2n) is 4.20. The molecule has 94 valence electrons. The molecule has 0 aromatic carbocycles. The first kappa shape index (κ1) is 12.0. The molecule has 0 amide bonds. The van der Waals surface area contributed by atoms with E-state index in [0.29, 0.717) is 5.82 Å². The topological polar surface area (TPSA) is 83.8 Å². The third kappa shape index (κ3) is 3.23. The van der Waals surface area contributed by atoms with Crippen molar-refractivity contribution in [3.05, 3.63) is 22.2 Å². The van der Waals surface area contributed by atoms with Gasteiger partial charge in [-0.1, -0.05) is 0 Å². The highest BCUT2D eigenvalue weighted by Crippen LogP contribution is 2.37. The predicted molar refractivity (Wildman–Crippen MR) is 59.3 cm³/mol. The number of alkyl halides is 2. The Balaban J connectivity index is 2.07. The van der Waals surface area contributed by atoms with Gasteiger partial charge in [0.2, 0.25) is 0 Å². The van der Waals surface area contributed by atoms with Crippen molar-refractivity contribution in [1.82, 2.24) is 9.97 Å². The van der Waals surface area contributed by atoms with E-state index in [4.69, 9.17) is 5.73 Å². The number of H-pyrrole nitrogens is 1. The standard InChI is InChI=1S/C10H14F2N4O/c11-10(12,4-13)5-14-7-3-8(17)16-9(15-7)6-1-2-6/h3,6H,1-2,4-5,13H2,(H2,14,15,16,17). The molecule has 0 unspecified atom stereocenters. The molecular formula is C10H14F2N4O. The van der Waals surface area contributed by atoms with Crippen LogP contribution in [-0.2, 0) is 0 Å². The van der Waals surface area contributed by atoms with Crippen LogP contribution in [0.1, 0.15) is 24.6 Å². The third-order valence-corrected chi connectivity index (χ3v) is 2.55. The van der Waals surface area contributed by atoms with Crippen LogP contribution in [0.5, 0.6) is 0 Å². The monoisotopic (exact) mass is 244 g/mol. The molecule has 4 N–H and O–H groups in total. The number of hydrogen-bond donors (Lipinski definition) is 3. The summed E-state index contributed by atoms with van der Waals surface area (Å²) >= 11 is 0. The van der Waals surface area contributed by atoms with Gasteiger partial charge >= 0.3 is 0 Å². The van der Waals surface area contributed by atoms with E-state index >= 15 is 0 Å². The van der Waals surface area contributed by atoms with E-state index in [9.17, 15) is 13.6 Å². The van der Waals surface area contributed by atoms with E-state index in [1.54, 1.807) is 0 Å². The number of hydrogen-bond acceptors (Lipinski definition) is 4. The van der Waals surface area contributed by atoms with Crippen molar-refractivity contribution >= 4 is 5.82 Å². The lowest BCUT2D eigenvalue weighted by Gasteiger charge is -2.15. The van der Waals surface area contributed by atoms with E-state index in [1.807, 2.05) is 0 Å². The van der Waals surface area contributed by atoms with E-state index in [0.717, 1.165) is 12.8 Å². The van der Waals surface area contributed by atoms with Crippen molar-refractivity contribution in [3.63, 3.8) is 0 Å². The predicted octanol–water partition coefficient (Wildman–Crippen LogP) is 0.653. The zero-order valence-electron chi connectivity index (χ0n) is 9.17. The summed E-state index contributed by atoms with van der Waals surface area (Å²) in [5, 5.41) is 2.44. The maximum absolute atomic E-state index is 12.9. The summed E-state index contributed by atoms with van der Waals surface area (Å²) in [7, 11) is 0. The van der Waals surface area contributed by atoms with Crippen molar-refractivity contribution < 1.29 is 8.78 Å². The smallest absolute Gasteiger partial charge is 0.276 e. The molecule has 7 heteroatoms. The molecule has 5 nitrogen and oxygen atoms in total. The maximum Gasteiger partial charge on any atom is 0.276 e. The molecule has 17 heavy (non-hydrogen) atoms. The van der Waals surface area contributed by atoms with E-state index in [2.05, 4.69) is 15.3 Å². The summed E-state index contributed by atoms with van der Waals surface area (Å²) in [5.74, 6) is -2.00. The normalized spacial score (nSPS) is 15.9. The first-order valence-electron chi connectivity index (χ1n) is 5.43. The van der Waals surface area contributed by atoms with Crippen LogP contribution in [-0.4, -0.2) is 29.0 Å². The van der Waals surface area contributed by atoms with Crippen LogP contribution in [0.15, 0.2) is 10.9 Å². The average Bonchev–Trinajstić information content (AvgIpc) is 3.10. The Morgan fingerprint density at radius 1 is 1.59 bits per heavy atom. The first-order valence-corrected chi connectivity index (χ1v) is 5.43. The van der Waals surface area contributed by atoms with Crippen molar-refractivity contribution in [1.29, 1.82) is 0 Å². The molecule has 0 atom stereocenters. The van der Waals surface area contributed by atoms with Gasteiger partial charge in [0.25, 0.3) is 11.5 Å². The van der Waals surface area contributed by atoms with Gasteiger partial charge in [-0.25, -0.2) is 13.8 Å². The average molecular weight is 244 g/mol. The summed E-state index contributed by atoms with van der Waals surface area (Å²) < 4.78 is 25.8. The molecule has 1 aliphatic carbocycles. The summed E-state index contributed by atoms with van der Waals surface area (Å²) in [4.78, 5) is 18.0. The summed E-state index contributed by atoms with van der Waals surface area (Å²) in [5.41, 5.74) is 4.58. The lowest BCUT2D eigenvalue weighted by Crippen LogP contribution is -2.35. The first-order chi connectivity index (χ1) is 8.00. The lowest BCUT2D eigenvalue weighted by atomic mass is 10.3. The SMILES string of the molecule is NCC(F)(F)CNc1cc(=O)[nH]c(C2CC2)n1. The van der Waals surface area contributed by atoms with Crippen LogP contribution in [0.4, 0.5) is 14.6 Å². The Labute approximate surface area is 96.4 Å². The molecule has 1 aromatic heterocycles. The molecule has 0 aliphatic heterocycles. The maximum atomic E-state index is 12.9. The van der Waals surface area contributed by atoms with Crippen molar-refractivity contribution in [2.75, 3.05) is 18.4 Å². The van der Waals surface area contributed by atoms with Gasteiger partial charge < -0.3 is 16.0 Å². The van der Waals surface area contributed by atoms with E-state index < -0.39 is 19.0 Å². The highest BCUT2D eigenvalue weighted by molar-refractivity contribution is 5.34. The van der Waals surface area contributed by atoms with Gasteiger partial charge in [-0.15, -0.1) is 0 Å². The minimum atomic E-state index is -3.00. The highest BCUT2D eigenvalue weighted by Gasteiger charge is 2.28. The van der Waals surface area contributed by atoms with Crippen LogP contribution >= 0.6 is 0 Å². The quantitative estimate of drug-likeness (QED) is 0.710. The Morgan fingerprint density at radius 3 is 2.88 bits per heavy atom. The lowest BCUT2D eigenvalue weighted by molar-refractivity contribution is 0.0253. The Bertz CT molecular complexity index is 456. The fourth-order valence-corrected chi connectivity index (χ4v) is 1.41. The Hall–Kier alpha value is -1.50. The van der Waals surface area contributed by atoms with Crippen molar-refractivity contribution in [3.8, 4) is 0 Å². The third-order valence-electron chi connectivity index (χ3n) is 2.55. The minimum absolute atomic E-state index is 0.170. The van der Waals surface area contributed by atoms with Crippen LogP contribution in [0.2, 0.25) is 0 Å². The molecule has 1 aromatic rings. The zero-order chi connectivity index (χ0) is 12.5. The number of rotatable bonds is 5. The Kier molecular flexibility index (Phi) is 3.10.